The first kappa shape index (κ1) is 27.0. The second-order valence-corrected chi connectivity index (χ2v) is 7.86. The number of amides is 1. The van der Waals surface area contributed by atoms with Crippen LogP contribution in [-0.4, -0.2) is 50.6 Å². The summed E-state index contributed by atoms with van der Waals surface area (Å²) in [4.78, 5) is 19.2. The van der Waals surface area contributed by atoms with Crippen molar-refractivity contribution in [2.24, 2.45) is 4.99 Å². The van der Waals surface area contributed by atoms with E-state index in [0.717, 1.165) is 17.1 Å². The number of aliphatic imine (C=N–C) groups is 1. The molecule has 2 N–H and O–H groups in total. The van der Waals surface area contributed by atoms with E-state index >= 15 is 0 Å². The molecule has 7 nitrogen and oxygen atoms in total. The normalized spacial score (nSPS) is 11.8. The van der Waals surface area contributed by atoms with Crippen molar-refractivity contribution < 1.29 is 14.3 Å². The van der Waals surface area contributed by atoms with Gasteiger partial charge in [-0.2, -0.15) is 0 Å². The van der Waals surface area contributed by atoms with E-state index in [4.69, 9.17) is 9.47 Å². The summed E-state index contributed by atoms with van der Waals surface area (Å²) < 4.78 is 11.4. The summed E-state index contributed by atoms with van der Waals surface area (Å²) in [6, 6.07) is 9.93. The van der Waals surface area contributed by atoms with Gasteiger partial charge in [-0.25, -0.2) is 4.99 Å². The molecule has 1 aromatic carbocycles. The number of hydrogen-bond acceptors (Lipinski definition) is 5. The maximum Gasteiger partial charge on any atom is 0.243 e. The molecule has 0 fully saturated rings. The monoisotopic (exact) mass is 560 g/mol. The van der Waals surface area contributed by atoms with Gasteiger partial charge in [-0.05, 0) is 49.9 Å². The van der Waals surface area contributed by atoms with E-state index in [-0.39, 0.29) is 42.5 Å². The van der Waals surface area contributed by atoms with Crippen molar-refractivity contribution in [3.8, 4) is 11.5 Å². The van der Waals surface area contributed by atoms with Gasteiger partial charge in [-0.15, -0.1) is 35.3 Å². The number of benzene rings is 1. The summed E-state index contributed by atoms with van der Waals surface area (Å²) in [5.74, 6) is 1.98. The Kier molecular flexibility index (Phi) is 12.3. The van der Waals surface area contributed by atoms with Crippen LogP contribution in [0.4, 0.5) is 0 Å². The summed E-state index contributed by atoms with van der Waals surface area (Å²) >= 11 is 1.67. The highest BCUT2D eigenvalue weighted by Gasteiger charge is 2.13. The van der Waals surface area contributed by atoms with Crippen LogP contribution in [0.5, 0.6) is 11.5 Å². The molecule has 2 rings (SSSR count). The number of likely N-dealkylation sites (N-methyl/N-ethyl adjacent to an activating group) is 1. The first-order valence-corrected chi connectivity index (χ1v) is 11.0. The van der Waals surface area contributed by atoms with Crippen molar-refractivity contribution in [3.63, 3.8) is 0 Å². The van der Waals surface area contributed by atoms with Crippen molar-refractivity contribution in [3.05, 3.63) is 46.2 Å². The quantitative estimate of drug-likeness (QED) is 0.261. The van der Waals surface area contributed by atoms with Crippen LogP contribution in [-0.2, 0) is 11.3 Å². The lowest BCUT2D eigenvalue weighted by Crippen LogP contribution is -2.39. The van der Waals surface area contributed by atoms with Gasteiger partial charge >= 0.3 is 0 Å². The number of thiophene rings is 1. The summed E-state index contributed by atoms with van der Waals surface area (Å²) in [6.45, 7) is 7.80. The molecular weight excluding hydrogens is 527 g/mol. The Morgan fingerprint density at radius 2 is 1.87 bits per heavy atom. The van der Waals surface area contributed by atoms with Crippen molar-refractivity contribution in [1.29, 1.82) is 0 Å². The lowest BCUT2D eigenvalue weighted by atomic mass is 10.1. The molecule has 0 aliphatic heterocycles. The molecule has 1 unspecified atom stereocenters. The highest BCUT2D eigenvalue weighted by atomic mass is 127. The lowest BCUT2D eigenvalue weighted by molar-refractivity contribution is -0.127. The molecule has 9 heteroatoms. The van der Waals surface area contributed by atoms with Crippen LogP contribution >= 0.6 is 35.3 Å². The third-order valence-electron chi connectivity index (χ3n) is 4.30. The maximum absolute atomic E-state index is 12.0. The van der Waals surface area contributed by atoms with Gasteiger partial charge in [0.05, 0.1) is 25.8 Å². The number of hydrogen-bond donors (Lipinski definition) is 2. The molecule has 172 valence electrons. The Hall–Kier alpha value is -2.01. The predicted molar refractivity (Wildman–Crippen MR) is 138 cm³/mol. The van der Waals surface area contributed by atoms with Crippen LogP contribution in [0.2, 0.25) is 0 Å². The molecular formula is C22H33IN4O3S. The topological polar surface area (TPSA) is 75.2 Å². The second kappa shape index (κ2) is 14.1. The Balaban J connectivity index is 0.00000480. The van der Waals surface area contributed by atoms with Gasteiger partial charge in [0.1, 0.15) is 6.54 Å². The third-order valence-corrected chi connectivity index (χ3v) is 5.18. The SMILES string of the molecule is CCOc1ccc(C(C)NC(=NCC(=O)N(C)C)NCc2cccs2)cc1OCC.I. The summed E-state index contributed by atoms with van der Waals surface area (Å²) in [5.41, 5.74) is 1.03. The number of nitrogens with one attached hydrogen (secondary N) is 2. The van der Waals surface area contributed by atoms with Gasteiger partial charge in [0.2, 0.25) is 5.91 Å². The second-order valence-electron chi connectivity index (χ2n) is 6.82. The largest absolute Gasteiger partial charge is 0.490 e. The van der Waals surface area contributed by atoms with Crippen LogP contribution < -0.4 is 20.1 Å². The zero-order valence-electron chi connectivity index (χ0n) is 18.8. The number of ether oxygens (including phenoxy) is 2. The summed E-state index contributed by atoms with van der Waals surface area (Å²) in [5, 5.41) is 8.73. The standard InChI is InChI=1S/C22H32N4O3S.HI/c1-6-28-19-11-10-17(13-20(19)29-7-2)16(3)25-22(24-15-21(27)26(4)5)23-14-18-9-8-12-30-18;/h8-13,16H,6-7,14-15H2,1-5H3,(H2,23,24,25);1H. The summed E-state index contributed by atoms with van der Waals surface area (Å²) in [6.07, 6.45) is 0. The zero-order chi connectivity index (χ0) is 21.9. The minimum absolute atomic E-state index is 0. The van der Waals surface area contributed by atoms with Gasteiger partial charge in [0, 0.05) is 19.0 Å². The predicted octanol–water partition coefficient (Wildman–Crippen LogP) is 4.05. The molecule has 1 heterocycles. The van der Waals surface area contributed by atoms with Crippen LogP contribution in [0, 0.1) is 0 Å². The van der Waals surface area contributed by atoms with Gasteiger partial charge in [-0.1, -0.05) is 12.1 Å². The maximum atomic E-state index is 12.0. The van der Waals surface area contributed by atoms with E-state index in [1.54, 1.807) is 25.4 Å². The van der Waals surface area contributed by atoms with Crippen LogP contribution in [0.1, 0.15) is 37.3 Å². The number of guanidine groups is 1. The van der Waals surface area contributed by atoms with Gasteiger partial charge in [0.25, 0.3) is 0 Å². The van der Waals surface area contributed by atoms with E-state index in [0.29, 0.717) is 25.7 Å². The molecule has 0 aliphatic rings. The molecule has 1 amide bonds. The van der Waals surface area contributed by atoms with Crippen molar-refractivity contribution in [2.75, 3.05) is 33.9 Å². The molecule has 1 aromatic heterocycles. The molecule has 0 spiro atoms. The van der Waals surface area contributed by atoms with Crippen LogP contribution in [0.25, 0.3) is 0 Å². The number of rotatable bonds is 10. The molecule has 0 bridgehead atoms. The fourth-order valence-electron chi connectivity index (χ4n) is 2.65. The van der Waals surface area contributed by atoms with E-state index in [1.807, 2.05) is 50.4 Å². The van der Waals surface area contributed by atoms with Gasteiger partial charge < -0.3 is 25.0 Å². The van der Waals surface area contributed by atoms with Crippen LogP contribution in [0.3, 0.4) is 0 Å². The minimum Gasteiger partial charge on any atom is -0.490 e. The lowest BCUT2D eigenvalue weighted by Gasteiger charge is -2.20. The Labute approximate surface area is 206 Å². The van der Waals surface area contributed by atoms with E-state index in [2.05, 4.69) is 21.7 Å². The number of carbonyl (C=O) groups excluding carboxylic acids is 1. The number of halogens is 1. The average Bonchev–Trinajstić information content (AvgIpc) is 3.24. The first-order valence-electron chi connectivity index (χ1n) is 10.1. The molecule has 31 heavy (non-hydrogen) atoms. The minimum atomic E-state index is -0.0559. The molecule has 0 saturated carbocycles. The average molecular weight is 561 g/mol. The number of nitrogens with zero attached hydrogens (tertiary/aromatic N) is 2. The van der Waals surface area contributed by atoms with E-state index in [9.17, 15) is 4.79 Å². The highest BCUT2D eigenvalue weighted by Crippen LogP contribution is 2.30. The molecule has 2 aromatic rings. The Morgan fingerprint density at radius 1 is 1.16 bits per heavy atom. The summed E-state index contributed by atoms with van der Waals surface area (Å²) in [7, 11) is 3.45. The van der Waals surface area contributed by atoms with E-state index < -0.39 is 0 Å². The first-order chi connectivity index (χ1) is 14.4. The molecule has 0 aliphatic carbocycles. The Morgan fingerprint density at radius 3 is 2.48 bits per heavy atom. The van der Waals surface area contributed by atoms with Crippen molar-refractivity contribution in [1.82, 2.24) is 15.5 Å². The van der Waals surface area contributed by atoms with Crippen molar-refractivity contribution in [2.45, 2.75) is 33.4 Å². The van der Waals surface area contributed by atoms with Crippen LogP contribution in [0.15, 0.2) is 40.7 Å². The zero-order valence-corrected chi connectivity index (χ0v) is 22.0. The van der Waals surface area contributed by atoms with E-state index in [1.165, 1.54) is 9.78 Å². The highest BCUT2D eigenvalue weighted by molar-refractivity contribution is 14.0. The van der Waals surface area contributed by atoms with Gasteiger partial charge in [0.15, 0.2) is 17.5 Å². The third kappa shape index (κ3) is 8.94. The number of carbonyl (C=O) groups is 1. The van der Waals surface area contributed by atoms with Gasteiger partial charge in [-0.3, -0.25) is 4.79 Å². The molecule has 0 saturated heterocycles. The smallest absolute Gasteiger partial charge is 0.243 e. The fraction of sp³-hybridized carbons (Fsp3) is 0.455. The Bertz CT molecular complexity index is 828. The fourth-order valence-corrected chi connectivity index (χ4v) is 3.29. The molecule has 1 atom stereocenters. The van der Waals surface area contributed by atoms with Crippen molar-refractivity contribution >= 4 is 47.2 Å². The molecule has 0 radical (unpaired) electrons.